The summed E-state index contributed by atoms with van der Waals surface area (Å²) in [4.78, 5) is 0. The molecule has 5 heteroatoms. The van der Waals surface area contributed by atoms with Gasteiger partial charge in [-0.05, 0) is 38.8 Å². The van der Waals surface area contributed by atoms with Gasteiger partial charge in [0.05, 0.1) is 13.0 Å². The molecule has 0 aliphatic rings. The highest BCUT2D eigenvalue weighted by molar-refractivity contribution is 4.50. The van der Waals surface area contributed by atoms with Crippen molar-refractivity contribution < 1.29 is 17.9 Å². The molecule has 0 heterocycles. The molecule has 98 valence electrons. The van der Waals surface area contributed by atoms with Crippen molar-refractivity contribution in [3.05, 3.63) is 0 Å². The highest BCUT2D eigenvalue weighted by atomic mass is 19.4. The molecule has 0 bridgehead atoms. The van der Waals surface area contributed by atoms with Crippen molar-refractivity contribution in [3.8, 4) is 0 Å². The fourth-order valence-electron chi connectivity index (χ4n) is 1.22. The van der Waals surface area contributed by atoms with Crippen molar-refractivity contribution in [2.24, 2.45) is 0 Å². The number of ether oxygens (including phenoxy) is 1. The Balaban J connectivity index is 2.99. The standard InChI is InChI=1S/C11H22F3NO/c1-2-7-15-8-4-3-5-9-16-10-6-11(12,13)14/h15H,2-10H2,1H3. The summed E-state index contributed by atoms with van der Waals surface area (Å²) in [6.07, 6.45) is -0.910. The third-order valence-electron chi connectivity index (χ3n) is 2.10. The molecule has 16 heavy (non-hydrogen) atoms. The van der Waals surface area contributed by atoms with Gasteiger partial charge in [0.15, 0.2) is 0 Å². The number of hydrogen-bond acceptors (Lipinski definition) is 2. The fraction of sp³-hybridized carbons (Fsp3) is 1.00. The van der Waals surface area contributed by atoms with E-state index in [1.54, 1.807) is 0 Å². The van der Waals surface area contributed by atoms with Crippen molar-refractivity contribution in [1.29, 1.82) is 0 Å². The second kappa shape index (κ2) is 9.90. The maximum Gasteiger partial charge on any atom is 0.391 e. The first-order valence-corrected chi connectivity index (χ1v) is 5.91. The number of hydrogen-bond donors (Lipinski definition) is 1. The summed E-state index contributed by atoms with van der Waals surface area (Å²) in [6, 6.07) is 0. The lowest BCUT2D eigenvalue weighted by Crippen LogP contribution is -2.16. The topological polar surface area (TPSA) is 21.3 Å². The molecule has 0 spiro atoms. The molecule has 0 aromatic rings. The first kappa shape index (κ1) is 15.7. The van der Waals surface area contributed by atoms with E-state index in [0.29, 0.717) is 6.61 Å². The van der Waals surface area contributed by atoms with E-state index in [-0.39, 0.29) is 6.61 Å². The van der Waals surface area contributed by atoms with E-state index in [0.717, 1.165) is 38.8 Å². The SMILES string of the molecule is CCCNCCCCCOCCC(F)(F)F. The monoisotopic (exact) mass is 241 g/mol. The van der Waals surface area contributed by atoms with Crippen LogP contribution in [0.2, 0.25) is 0 Å². The van der Waals surface area contributed by atoms with Gasteiger partial charge >= 0.3 is 6.18 Å². The Labute approximate surface area is 95.5 Å². The van der Waals surface area contributed by atoms with Gasteiger partial charge < -0.3 is 10.1 Å². The Morgan fingerprint density at radius 2 is 1.75 bits per heavy atom. The Hall–Kier alpha value is -0.290. The molecule has 0 amide bonds. The van der Waals surface area contributed by atoms with E-state index in [1.807, 2.05) is 0 Å². The molecule has 2 nitrogen and oxygen atoms in total. The third kappa shape index (κ3) is 13.7. The van der Waals surface area contributed by atoms with Gasteiger partial charge in [-0.1, -0.05) is 6.92 Å². The first-order chi connectivity index (χ1) is 7.56. The molecule has 0 saturated carbocycles. The van der Waals surface area contributed by atoms with Gasteiger partial charge in [0, 0.05) is 6.61 Å². The summed E-state index contributed by atoms with van der Waals surface area (Å²) >= 11 is 0. The average Bonchev–Trinajstić information content (AvgIpc) is 2.19. The molecular weight excluding hydrogens is 219 g/mol. The van der Waals surface area contributed by atoms with Crippen LogP contribution in [0.1, 0.15) is 39.0 Å². The number of rotatable bonds is 10. The molecule has 0 unspecified atom stereocenters. The van der Waals surface area contributed by atoms with Crippen LogP contribution >= 0.6 is 0 Å². The van der Waals surface area contributed by atoms with Crippen LogP contribution < -0.4 is 5.32 Å². The lowest BCUT2D eigenvalue weighted by Gasteiger charge is -2.07. The molecule has 0 saturated heterocycles. The van der Waals surface area contributed by atoms with Crippen molar-refractivity contribution >= 4 is 0 Å². The average molecular weight is 241 g/mol. The summed E-state index contributed by atoms with van der Waals surface area (Å²) < 4.78 is 40.0. The van der Waals surface area contributed by atoms with Crippen LogP contribution in [-0.2, 0) is 4.74 Å². The third-order valence-corrected chi connectivity index (χ3v) is 2.10. The molecule has 0 aromatic heterocycles. The number of alkyl halides is 3. The van der Waals surface area contributed by atoms with Gasteiger partial charge in [0.25, 0.3) is 0 Å². The van der Waals surface area contributed by atoms with Crippen LogP contribution in [-0.4, -0.2) is 32.5 Å². The summed E-state index contributed by atoms with van der Waals surface area (Å²) in [5.41, 5.74) is 0. The lowest BCUT2D eigenvalue weighted by molar-refractivity contribution is -0.145. The van der Waals surface area contributed by atoms with E-state index in [9.17, 15) is 13.2 Å². The van der Waals surface area contributed by atoms with E-state index >= 15 is 0 Å². The first-order valence-electron chi connectivity index (χ1n) is 5.91. The lowest BCUT2D eigenvalue weighted by atomic mass is 10.2. The van der Waals surface area contributed by atoms with Crippen molar-refractivity contribution in [2.45, 2.75) is 45.2 Å². The number of nitrogens with one attached hydrogen (secondary N) is 1. The van der Waals surface area contributed by atoms with Gasteiger partial charge in [-0.15, -0.1) is 0 Å². The van der Waals surface area contributed by atoms with E-state index in [1.165, 1.54) is 0 Å². The zero-order chi connectivity index (χ0) is 12.3. The second-order valence-electron chi connectivity index (χ2n) is 3.79. The summed E-state index contributed by atoms with van der Waals surface area (Å²) in [7, 11) is 0. The molecule has 0 aromatic carbocycles. The normalized spacial score (nSPS) is 12.0. The van der Waals surface area contributed by atoms with Crippen molar-refractivity contribution in [3.63, 3.8) is 0 Å². The molecule has 0 rings (SSSR count). The molecular formula is C11H22F3NO. The van der Waals surface area contributed by atoms with Crippen molar-refractivity contribution in [2.75, 3.05) is 26.3 Å². The smallest absolute Gasteiger partial charge is 0.381 e. The summed E-state index contributed by atoms with van der Waals surface area (Å²) in [6.45, 7) is 4.35. The zero-order valence-corrected chi connectivity index (χ0v) is 9.91. The predicted molar refractivity (Wildman–Crippen MR) is 58.5 cm³/mol. The molecule has 0 atom stereocenters. The van der Waals surface area contributed by atoms with Gasteiger partial charge in [-0.2, -0.15) is 13.2 Å². The Bertz CT molecular complexity index is 151. The zero-order valence-electron chi connectivity index (χ0n) is 9.91. The minimum absolute atomic E-state index is 0.211. The maximum absolute atomic E-state index is 11.7. The molecule has 0 fully saturated rings. The van der Waals surface area contributed by atoms with E-state index in [4.69, 9.17) is 4.74 Å². The highest BCUT2D eigenvalue weighted by Gasteiger charge is 2.26. The van der Waals surface area contributed by atoms with Crippen LogP contribution in [0.25, 0.3) is 0 Å². The molecule has 0 aliphatic carbocycles. The van der Waals surface area contributed by atoms with E-state index < -0.39 is 12.6 Å². The fourth-order valence-corrected chi connectivity index (χ4v) is 1.22. The van der Waals surface area contributed by atoms with Gasteiger partial charge in [0.1, 0.15) is 0 Å². The van der Waals surface area contributed by atoms with Crippen LogP contribution in [0, 0.1) is 0 Å². The van der Waals surface area contributed by atoms with Gasteiger partial charge in [0.2, 0.25) is 0 Å². The van der Waals surface area contributed by atoms with Crippen LogP contribution in [0.15, 0.2) is 0 Å². The second-order valence-corrected chi connectivity index (χ2v) is 3.79. The van der Waals surface area contributed by atoms with Crippen LogP contribution in [0.5, 0.6) is 0 Å². The minimum Gasteiger partial charge on any atom is -0.381 e. The number of halogens is 3. The number of unbranched alkanes of at least 4 members (excludes halogenated alkanes) is 2. The Kier molecular flexibility index (Phi) is 9.72. The minimum atomic E-state index is -4.09. The van der Waals surface area contributed by atoms with Crippen molar-refractivity contribution in [1.82, 2.24) is 5.32 Å². The Morgan fingerprint density at radius 1 is 1.00 bits per heavy atom. The summed E-state index contributed by atoms with van der Waals surface area (Å²) in [5.74, 6) is 0. The summed E-state index contributed by atoms with van der Waals surface area (Å²) in [5, 5.41) is 3.27. The largest absolute Gasteiger partial charge is 0.391 e. The quantitative estimate of drug-likeness (QED) is 0.593. The van der Waals surface area contributed by atoms with Gasteiger partial charge in [-0.3, -0.25) is 0 Å². The molecule has 1 N–H and O–H groups in total. The highest BCUT2D eigenvalue weighted by Crippen LogP contribution is 2.18. The van der Waals surface area contributed by atoms with E-state index in [2.05, 4.69) is 12.2 Å². The maximum atomic E-state index is 11.7. The Morgan fingerprint density at radius 3 is 2.38 bits per heavy atom. The van der Waals surface area contributed by atoms with Gasteiger partial charge in [-0.25, -0.2) is 0 Å². The predicted octanol–water partition coefficient (Wildman–Crippen LogP) is 3.13. The molecule has 0 aliphatic heterocycles. The molecule has 0 radical (unpaired) electrons. The van der Waals surface area contributed by atoms with Crippen LogP contribution in [0.3, 0.4) is 0 Å². The van der Waals surface area contributed by atoms with Crippen LogP contribution in [0.4, 0.5) is 13.2 Å².